The normalized spacial score (nSPS) is 19.7. The molecule has 19 heavy (non-hydrogen) atoms. The van der Waals surface area contributed by atoms with Crippen molar-refractivity contribution >= 4 is 12.6 Å². The summed E-state index contributed by atoms with van der Waals surface area (Å²) in [5.74, 6) is 1.37. The monoisotopic (exact) mass is 288 g/mol. The summed E-state index contributed by atoms with van der Waals surface area (Å²) in [5, 5.41) is 9.22. The molecule has 0 radical (unpaired) electrons. The first-order chi connectivity index (χ1) is 9.30. The molecule has 0 saturated carbocycles. The number of likely N-dealkylation sites (N-methyl/N-ethyl adjacent to an activating group) is 1. The third kappa shape index (κ3) is 7.54. The Bertz CT molecular complexity index is 208. The Hall–Kier alpha value is 0.230. The van der Waals surface area contributed by atoms with Crippen LogP contribution in [0.25, 0.3) is 0 Å². The highest BCUT2D eigenvalue weighted by atomic mass is 32.1. The fraction of sp³-hybridized carbons (Fsp3) is 1.00. The van der Waals surface area contributed by atoms with Crippen LogP contribution in [0.1, 0.15) is 39.0 Å². The molecule has 4 heteroatoms. The van der Waals surface area contributed by atoms with Gasteiger partial charge in [0, 0.05) is 32.8 Å². The number of piperazine rings is 1. The summed E-state index contributed by atoms with van der Waals surface area (Å²) in [6, 6.07) is 0. The molecule has 0 aromatic carbocycles. The largest absolute Gasteiger partial charge is 0.396 e. The van der Waals surface area contributed by atoms with E-state index in [4.69, 9.17) is 0 Å². The molecule has 1 N–H and O–H groups in total. The molecule has 1 heterocycles. The van der Waals surface area contributed by atoms with Crippen LogP contribution < -0.4 is 0 Å². The van der Waals surface area contributed by atoms with E-state index < -0.39 is 0 Å². The Labute approximate surface area is 124 Å². The number of nitrogens with zero attached hydrogens (tertiary/aromatic N) is 2. The molecular weight excluding hydrogens is 256 g/mol. The minimum Gasteiger partial charge on any atom is -0.396 e. The highest BCUT2D eigenvalue weighted by Crippen LogP contribution is 2.14. The van der Waals surface area contributed by atoms with E-state index in [1.54, 1.807) is 0 Å². The van der Waals surface area contributed by atoms with Crippen LogP contribution in [-0.4, -0.2) is 66.5 Å². The van der Waals surface area contributed by atoms with Gasteiger partial charge in [0.05, 0.1) is 0 Å². The van der Waals surface area contributed by atoms with Gasteiger partial charge in [-0.3, -0.25) is 0 Å². The zero-order valence-electron chi connectivity index (χ0n) is 12.6. The Kier molecular flexibility index (Phi) is 9.96. The number of hydrogen-bond donors (Lipinski definition) is 2. The minimum absolute atomic E-state index is 0.333. The predicted molar refractivity (Wildman–Crippen MR) is 86.1 cm³/mol. The zero-order chi connectivity index (χ0) is 13.9. The molecule has 0 amide bonds. The van der Waals surface area contributed by atoms with Crippen molar-refractivity contribution in [3.63, 3.8) is 0 Å². The van der Waals surface area contributed by atoms with E-state index in [0.717, 1.165) is 12.2 Å². The first-order valence-corrected chi connectivity index (χ1v) is 8.59. The SMILES string of the molecule is CCN1CCN(CCCCC[C@H](CO)CCS)CC1. The van der Waals surface area contributed by atoms with Gasteiger partial charge in [-0.1, -0.05) is 19.8 Å². The third-order valence-corrected chi connectivity index (χ3v) is 4.55. The van der Waals surface area contributed by atoms with Gasteiger partial charge in [0.1, 0.15) is 0 Å². The van der Waals surface area contributed by atoms with Gasteiger partial charge < -0.3 is 14.9 Å². The highest BCUT2D eigenvalue weighted by Gasteiger charge is 2.14. The molecule has 1 saturated heterocycles. The molecule has 1 aliphatic rings. The lowest BCUT2D eigenvalue weighted by molar-refractivity contribution is 0.135. The Morgan fingerprint density at radius 1 is 1.00 bits per heavy atom. The summed E-state index contributed by atoms with van der Waals surface area (Å²) in [7, 11) is 0. The Balaban J connectivity index is 1.96. The number of thiol groups is 1. The molecule has 0 spiro atoms. The van der Waals surface area contributed by atoms with Crippen molar-refractivity contribution in [1.82, 2.24) is 9.80 Å². The van der Waals surface area contributed by atoms with E-state index in [-0.39, 0.29) is 0 Å². The predicted octanol–water partition coefficient (Wildman–Crippen LogP) is 2.11. The van der Waals surface area contributed by atoms with Gasteiger partial charge in [0.2, 0.25) is 0 Å². The van der Waals surface area contributed by atoms with Crippen molar-refractivity contribution in [3.05, 3.63) is 0 Å². The maximum absolute atomic E-state index is 9.22. The van der Waals surface area contributed by atoms with E-state index in [1.165, 1.54) is 65.0 Å². The van der Waals surface area contributed by atoms with Crippen molar-refractivity contribution in [1.29, 1.82) is 0 Å². The summed E-state index contributed by atoms with van der Waals surface area (Å²) in [5.41, 5.74) is 0. The lowest BCUT2D eigenvalue weighted by Gasteiger charge is -2.34. The maximum Gasteiger partial charge on any atom is 0.0459 e. The smallest absolute Gasteiger partial charge is 0.0459 e. The summed E-state index contributed by atoms with van der Waals surface area (Å²) in [4.78, 5) is 5.13. The molecular formula is C15H32N2OS. The van der Waals surface area contributed by atoms with Gasteiger partial charge in [-0.25, -0.2) is 0 Å². The fourth-order valence-corrected chi connectivity index (χ4v) is 3.15. The average Bonchev–Trinajstić information content (AvgIpc) is 2.46. The van der Waals surface area contributed by atoms with Gasteiger partial charge >= 0.3 is 0 Å². The Morgan fingerprint density at radius 3 is 2.26 bits per heavy atom. The van der Waals surface area contributed by atoms with Crippen molar-refractivity contribution in [2.24, 2.45) is 5.92 Å². The van der Waals surface area contributed by atoms with E-state index >= 15 is 0 Å². The van der Waals surface area contributed by atoms with Crippen LogP contribution in [-0.2, 0) is 0 Å². The molecule has 1 rings (SSSR count). The number of aliphatic hydroxyl groups is 1. The first-order valence-electron chi connectivity index (χ1n) is 7.96. The van der Waals surface area contributed by atoms with Crippen LogP contribution in [0.4, 0.5) is 0 Å². The summed E-state index contributed by atoms with van der Waals surface area (Å²) < 4.78 is 0. The van der Waals surface area contributed by atoms with Crippen molar-refractivity contribution in [2.75, 3.05) is 51.6 Å². The topological polar surface area (TPSA) is 26.7 Å². The van der Waals surface area contributed by atoms with Gasteiger partial charge in [0.15, 0.2) is 0 Å². The van der Waals surface area contributed by atoms with Gasteiger partial charge in [0.25, 0.3) is 0 Å². The van der Waals surface area contributed by atoms with Crippen LogP contribution in [0.5, 0.6) is 0 Å². The van der Waals surface area contributed by atoms with Crippen molar-refractivity contribution in [2.45, 2.75) is 39.0 Å². The second-order valence-electron chi connectivity index (χ2n) is 5.69. The highest BCUT2D eigenvalue weighted by molar-refractivity contribution is 7.80. The second kappa shape index (κ2) is 11.0. The molecule has 0 aromatic rings. The molecule has 3 nitrogen and oxygen atoms in total. The quantitative estimate of drug-likeness (QED) is 0.476. The third-order valence-electron chi connectivity index (χ3n) is 4.29. The maximum atomic E-state index is 9.22. The van der Waals surface area contributed by atoms with Crippen LogP contribution in [0, 0.1) is 5.92 Å². The van der Waals surface area contributed by atoms with E-state index in [9.17, 15) is 5.11 Å². The molecule has 0 aromatic heterocycles. The zero-order valence-corrected chi connectivity index (χ0v) is 13.5. The average molecular weight is 289 g/mol. The van der Waals surface area contributed by atoms with Crippen LogP contribution >= 0.6 is 12.6 Å². The molecule has 114 valence electrons. The molecule has 1 atom stereocenters. The van der Waals surface area contributed by atoms with Crippen LogP contribution in [0.15, 0.2) is 0 Å². The Morgan fingerprint density at radius 2 is 1.68 bits per heavy atom. The lowest BCUT2D eigenvalue weighted by atomic mass is 9.99. The molecule has 0 unspecified atom stereocenters. The number of hydrogen-bond acceptors (Lipinski definition) is 4. The molecule has 0 aliphatic carbocycles. The van der Waals surface area contributed by atoms with Gasteiger partial charge in [-0.15, -0.1) is 0 Å². The summed E-state index contributed by atoms with van der Waals surface area (Å²) >= 11 is 4.24. The fourth-order valence-electron chi connectivity index (χ4n) is 2.78. The van der Waals surface area contributed by atoms with Gasteiger partial charge in [-0.05, 0) is 44.0 Å². The number of rotatable bonds is 10. The summed E-state index contributed by atoms with van der Waals surface area (Å²) in [6.45, 7) is 10.0. The van der Waals surface area contributed by atoms with Crippen molar-refractivity contribution < 1.29 is 5.11 Å². The van der Waals surface area contributed by atoms with Gasteiger partial charge in [-0.2, -0.15) is 12.6 Å². The van der Waals surface area contributed by atoms with E-state index in [2.05, 4.69) is 29.4 Å². The van der Waals surface area contributed by atoms with E-state index in [0.29, 0.717) is 12.5 Å². The van der Waals surface area contributed by atoms with Crippen LogP contribution in [0.2, 0.25) is 0 Å². The first kappa shape index (κ1) is 17.3. The number of aliphatic hydroxyl groups excluding tert-OH is 1. The number of unbranched alkanes of at least 4 members (excludes halogenated alkanes) is 2. The standard InChI is InChI=1S/C15H32N2OS/c1-2-16-9-11-17(12-10-16)8-5-3-4-6-15(14-18)7-13-19/h15,18-19H,2-14H2,1H3/t15-/m0/s1. The second-order valence-corrected chi connectivity index (χ2v) is 6.13. The molecule has 1 aliphatic heterocycles. The van der Waals surface area contributed by atoms with Crippen LogP contribution in [0.3, 0.4) is 0 Å². The minimum atomic E-state index is 0.333. The lowest BCUT2D eigenvalue weighted by Crippen LogP contribution is -2.46. The summed E-state index contributed by atoms with van der Waals surface area (Å²) in [6.07, 6.45) is 6.09. The molecule has 1 fully saturated rings. The van der Waals surface area contributed by atoms with Crippen molar-refractivity contribution in [3.8, 4) is 0 Å². The molecule has 0 bridgehead atoms. The van der Waals surface area contributed by atoms with E-state index in [1.807, 2.05) is 0 Å².